The van der Waals surface area contributed by atoms with E-state index in [0.717, 1.165) is 19.3 Å². The minimum absolute atomic E-state index is 0.0945. The Morgan fingerprint density at radius 3 is 2.74 bits per heavy atom. The Labute approximate surface area is 116 Å². The number of hydrogen-bond acceptors (Lipinski definition) is 3. The first-order valence-electron chi connectivity index (χ1n) is 7.30. The van der Waals surface area contributed by atoms with Crippen LogP contribution in [0.25, 0.3) is 0 Å². The minimum Gasteiger partial charge on any atom is -0.373 e. The Hall–Kier alpha value is -0.900. The van der Waals surface area contributed by atoms with Crippen LogP contribution >= 0.6 is 0 Å². The van der Waals surface area contributed by atoms with E-state index in [1.54, 1.807) is 0 Å². The quantitative estimate of drug-likeness (QED) is 0.633. The van der Waals surface area contributed by atoms with Gasteiger partial charge in [0.25, 0.3) is 0 Å². The molecule has 0 spiro atoms. The van der Waals surface area contributed by atoms with E-state index in [9.17, 15) is 0 Å². The van der Waals surface area contributed by atoms with Gasteiger partial charge in [-0.05, 0) is 43.2 Å². The summed E-state index contributed by atoms with van der Waals surface area (Å²) in [6.07, 6.45) is 3.83. The second-order valence-corrected chi connectivity index (χ2v) is 6.05. The fourth-order valence-corrected chi connectivity index (χ4v) is 2.88. The lowest BCUT2D eigenvalue weighted by molar-refractivity contribution is 0.0316. The summed E-state index contributed by atoms with van der Waals surface area (Å²) >= 11 is 0. The molecule has 3 heteroatoms. The largest absolute Gasteiger partial charge is 0.373 e. The van der Waals surface area contributed by atoms with Gasteiger partial charge in [0.1, 0.15) is 0 Å². The molecule has 3 atom stereocenters. The van der Waals surface area contributed by atoms with Crippen LogP contribution in [0.4, 0.5) is 0 Å². The summed E-state index contributed by atoms with van der Waals surface area (Å²) < 4.78 is 5.95. The van der Waals surface area contributed by atoms with Gasteiger partial charge in [0.15, 0.2) is 0 Å². The van der Waals surface area contributed by atoms with Gasteiger partial charge >= 0.3 is 0 Å². The molecule has 1 heterocycles. The van der Waals surface area contributed by atoms with E-state index in [0.29, 0.717) is 12.0 Å². The van der Waals surface area contributed by atoms with Crippen LogP contribution < -0.4 is 11.3 Å². The Balaban J connectivity index is 2.13. The fraction of sp³-hybridized carbons (Fsp3) is 0.625. The smallest absolute Gasteiger partial charge is 0.0787 e. The number of rotatable bonds is 5. The van der Waals surface area contributed by atoms with Crippen molar-refractivity contribution in [2.45, 2.75) is 58.3 Å². The number of nitrogens with two attached hydrogens (primary N) is 1. The first-order valence-corrected chi connectivity index (χ1v) is 7.30. The van der Waals surface area contributed by atoms with E-state index in [1.807, 2.05) is 0 Å². The molecule has 0 amide bonds. The van der Waals surface area contributed by atoms with Gasteiger partial charge in [0.2, 0.25) is 0 Å². The van der Waals surface area contributed by atoms with Crippen molar-refractivity contribution in [3.05, 3.63) is 35.4 Å². The zero-order valence-electron chi connectivity index (χ0n) is 12.2. The van der Waals surface area contributed by atoms with Crippen LogP contribution in [0.3, 0.4) is 0 Å². The summed E-state index contributed by atoms with van der Waals surface area (Å²) in [4.78, 5) is 0. The summed E-state index contributed by atoms with van der Waals surface area (Å²) in [6.45, 7) is 6.61. The monoisotopic (exact) mass is 262 g/mol. The summed E-state index contributed by atoms with van der Waals surface area (Å²) in [5.41, 5.74) is 5.55. The molecule has 0 bridgehead atoms. The van der Waals surface area contributed by atoms with E-state index in [-0.39, 0.29) is 12.1 Å². The second-order valence-electron chi connectivity index (χ2n) is 6.05. The van der Waals surface area contributed by atoms with Crippen LogP contribution in [0.5, 0.6) is 0 Å². The highest BCUT2D eigenvalue weighted by molar-refractivity contribution is 5.27. The maximum Gasteiger partial charge on any atom is 0.0787 e. The van der Waals surface area contributed by atoms with Gasteiger partial charge in [0, 0.05) is 0 Å². The molecule has 1 aromatic carbocycles. The molecule has 1 aliphatic heterocycles. The van der Waals surface area contributed by atoms with Crippen LogP contribution in [-0.2, 0) is 11.2 Å². The molecule has 0 radical (unpaired) electrons. The average Bonchev–Trinajstić information content (AvgIpc) is 2.76. The molecule has 2 rings (SSSR count). The SMILES string of the molecule is CC(C)Cc1cccc(C(NN)C2CCC(C)O2)c1. The number of ether oxygens (including phenoxy) is 1. The Morgan fingerprint density at radius 2 is 2.16 bits per heavy atom. The minimum atomic E-state index is 0.0945. The maximum atomic E-state index is 5.95. The highest BCUT2D eigenvalue weighted by Gasteiger charge is 2.30. The van der Waals surface area contributed by atoms with Crippen molar-refractivity contribution in [2.24, 2.45) is 11.8 Å². The van der Waals surface area contributed by atoms with Crippen molar-refractivity contribution in [1.82, 2.24) is 5.43 Å². The number of benzene rings is 1. The lowest BCUT2D eigenvalue weighted by atomic mass is 9.95. The van der Waals surface area contributed by atoms with Gasteiger partial charge in [-0.3, -0.25) is 11.3 Å². The predicted octanol–water partition coefficient (Wildman–Crippen LogP) is 2.96. The van der Waals surface area contributed by atoms with Crippen molar-refractivity contribution >= 4 is 0 Å². The summed E-state index contributed by atoms with van der Waals surface area (Å²) in [6, 6.07) is 8.81. The predicted molar refractivity (Wildman–Crippen MR) is 78.6 cm³/mol. The van der Waals surface area contributed by atoms with Crippen LogP contribution in [-0.4, -0.2) is 12.2 Å². The van der Waals surface area contributed by atoms with E-state index >= 15 is 0 Å². The van der Waals surface area contributed by atoms with Crippen molar-refractivity contribution < 1.29 is 4.74 Å². The van der Waals surface area contributed by atoms with E-state index in [4.69, 9.17) is 10.6 Å². The van der Waals surface area contributed by atoms with Gasteiger partial charge in [-0.2, -0.15) is 0 Å². The normalized spacial score (nSPS) is 24.9. The molecule has 1 aliphatic rings. The Kier molecular flexibility index (Phi) is 4.97. The van der Waals surface area contributed by atoms with Crippen LogP contribution in [0.15, 0.2) is 24.3 Å². The van der Waals surface area contributed by atoms with Gasteiger partial charge in [-0.25, -0.2) is 0 Å². The third kappa shape index (κ3) is 3.78. The fourth-order valence-electron chi connectivity index (χ4n) is 2.88. The highest BCUT2D eigenvalue weighted by atomic mass is 16.5. The average molecular weight is 262 g/mol. The molecule has 0 aliphatic carbocycles. The van der Waals surface area contributed by atoms with Crippen LogP contribution in [0.1, 0.15) is 50.8 Å². The Bertz CT molecular complexity index is 405. The molecule has 1 aromatic rings. The van der Waals surface area contributed by atoms with Gasteiger partial charge in [-0.1, -0.05) is 38.1 Å². The molecule has 19 heavy (non-hydrogen) atoms. The molecule has 106 valence electrons. The zero-order chi connectivity index (χ0) is 13.8. The second kappa shape index (κ2) is 6.51. The van der Waals surface area contributed by atoms with E-state index < -0.39 is 0 Å². The van der Waals surface area contributed by atoms with Crippen LogP contribution in [0, 0.1) is 5.92 Å². The lowest BCUT2D eigenvalue weighted by Crippen LogP contribution is -2.36. The van der Waals surface area contributed by atoms with Crippen molar-refractivity contribution in [1.29, 1.82) is 0 Å². The van der Waals surface area contributed by atoms with Gasteiger partial charge < -0.3 is 4.74 Å². The van der Waals surface area contributed by atoms with E-state index in [2.05, 4.69) is 50.5 Å². The Morgan fingerprint density at radius 1 is 1.37 bits per heavy atom. The molecular formula is C16H26N2O. The zero-order valence-corrected chi connectivity index (χ0v) is 12.2. The van der Waals surface area contributed by atoms with Gasteiger partial charge in [-0.15, -0.1) is 0 Å². The first kappa shape index (κ1) is 14.5. The van der Waals surface area contributed by atoms with E-state index in [1.165, 1.54) is 11.1 Å². The topological polar surface area (TPSA) is 47.3 Å². The van der Waals surface area contributed by atoms with Crippen LogP contribution in [0.2, 0.25) is 0 Å². The highest BCUT2D eigenvalue weighted by Crippen LogP contribution is 2.30. The molecule has 1 saturated heterocycles. The third-order valence-corrected chi connectivity index (χ3v) is 3.77. The standard InChI is InChI=1S/C16H26N2O/c1-11(2)9-13-5-4-6-14(10-13)16(18-17)15-8-7-12(3)19-15/h4-6,10-12,15-16,18H,7-9,17H2,1-3H3. The summed E-state index contributed by atoms with van der Waals surface area (Å²) in [5, 5.41) is 0. The summed E-state index contributed by atoms with van der Waals surface area (Å²) in [5.74, 6) is 6.42. The molecule has 0 saturated carbocycles. The molecule has 3 unspecified atom stereocenters. The van der Waals surface area contributed by atoms with Crippen molar-refractivity contribution in [2.75, 3.05) is 0 Å². The molecule has 1 fully saturated rings. The molecular weight excluding hydrogens is 236 g/mol. The molecule has 0 aromatic heterocycles. The van der Waals surface area contributed by atoms with Crippen molar-refractivity contribution in [3.63, 3.8) is 0 Å². The summed E-state index contributed by atoms with van der Waals surface area (Å²) in [7, 11) is 0. The maximum absolute atomic E-state index is 5.95. The molecule has 3 N–H and O–H groups in total. The third-order valence-electron chi connectivity index (χ3n) is 3.77. The van der Waals surface area contributed by atoms with Crippen molar-refractivity contribution in [3.8, 4) is 0 Å². The van der Waals surface area contributed by atoms with Gasteiger partial charge in [0.05, 0.1) is 18.2 Å². The number of nitrogens with one attached hydrogen (secondary N) is 1. The number of hydrogen-bond donors (Lipinski definition) is 2. The molecule has 3 nitrogen and oxygen atoms in total. The first-order chi connectivity index (χ1) is 9.10. The lowest BCUT2D eigenvalue weighted by Gasteiger charge is -2.24. The number of hydrazine groups is 1.